The topological polar surface area (TPSA) is 46.1 Å². The molecule has 0 aliphatic heterocycles. The van der Waals surface area contributed by atoms with Gasteiger partial charge in [0.05, 0.1) is 0 Å². The highest BCUT2D eigenvalue weighted by Crippen LogP contribution is 2.21. The van der Waals surface area contributed by atoms with Gasteiger partial charge in [-0.05, 0) is 87.2 Å². The van der Waals surface area contributed by atoms with E-state index in [1.165, 1.54) is 5.56 Å². The van der Waals surface area contributed by atoms with Crippen LogP contribution in [0.4, 0.5) is 10.5 Å². The molecule has 0 unspecified atom stereocenters. The lowest BCUT2D eigenvalue weighted by atomic mass is 10.1. The van der Waals surface area contributed by atoms with E-state index >= 15 is 0 Å². The third kappa shape index (κ3) is 4.40. The monoisotopic (exact) mass is 361 g/mol. The number of anilines is 1. The Kier molecular flexibility index (Phi) is 5.36. The first kappa shape index (κ1) is 18.8. The molecule has 3 aromatic rings. The van der Waals surface area contributed by atoms with Crippen molar-refractivity contribution in [2.75, 3.05) is 5.32 Å². The van der Waals surface area contributed by atoms with Crippen LogP contribution in [0.1, 0.15) is 33.6 Å². The zero-order chi connectivity index (χ0) is 19.6. The standard InChI is InChI=1S/C23H27N3O/c1-15-7-6-8-22(12-15)26-18(4)13-20(19(26)5)14-24-23(27)25-21-10-16(2)9-17(3)11-21/h6-13H,14H2,1-5H3,(H2,24,25,27). The predicted molar refractivity (Wildman–Crippen MR) is 112 cm³/mol. The molecule has 0 radical (unpaired) electrons. The van der Waals surface area contributed by atoms with E-state index < -0.39 is 0 Å². The summed E-state index contributed by atoms with van der Waals surface area (Å²) in [6.07, 6.45) is 0. The normalized spacial score (nSPS) is 10.7. The van der Waals surface area contributed by atoms with E-state index in [9.17, 15) is 4.79 Å². The Morgan fingerprint density at radius 1 is 0.889 bits per heavy atom. The molecule has 0 aliphatic carbocycles. The van der Waals surface area contributed by atoms with Crippen LogP contribution in [0, 0.1) is 34.6 Å². The SMILES string of the molecule is Cc1cc(C)cc(NC(=O)NCc2cc(C)n(-c3cccc(C)c3)c2C)c1. The highest BCUT2D eigenvalue weighted by Gasteiger charge is 2.12. The van der Waals surface area contributed by atoms with Crippen LogP contribution in [0.25, 0.3) is 5.69 Å². The lowest BCUT2D eigenvalue weighted by Crippen LogP contribution is -2.28. The zero-order valence-corrected chi connectivity index (χ0v) is 16.7. The van der Waals surface area contributed by atoms with Crippen molar-refractivity contribution in [1.29, 1.82) is 0 Å². The van der Waals surface area contributed by atoms with Gasteiger partial charge >= 0.3 is 6.03 Å². The van der Waals surface area contributed by atoms with Crippen LogP contribution < -0.4 is 10.6 Å². The summed E-state index contributed by atoms with van der Waals surface area (Å²) in [6, 6.07) is 16.4. The van der Waals surface area contributed by atoms with Crippen LogP contribution in [0.15, 0.2) is 48.5 Å². The molecule has 1 heterocycles. The van der Waals surface area contributed by atoms with Crippen LogP contribution in [0.2, 0.25) is 0 Å². The van der Waals surface area contributed by atoms with Crippen molar-refractivity contribution in [2.24, 2.45) is 0 Å². The summed E-state index contributed by atoms with van der Waals surface area (Å²) in [5, 5.41) is 5.88. The first-order valence-electron chi connectivity index (χ1n) is 9.21. The Bertz CT molecular complexity index is 965. The highest BCUT2D eigenvalue weighted by atomic mass is 16.2. The number of nitrogens with zero attached hydrogens (tertiary/aromatic N) is 1. The van der Waals surface area contributed by atoms with Gasteiger partial charge in [-0.1, -0.05) is 18.2 Å². The smallest absolute Gasteiger partial charge is 0.319 e. The van der Waals surface area contributed by atoms with Crippen LogP contribution in [-0.2, 0) is 6.54 Å². The maximum absolute atomic E-state index is 12.3. The number of hydrogen-bond donors (Lipinski definition) is 2. The van der Waals surface area contributed by atoms with Crippen molar-refractivity contribution < 1.29 is 4.79 Å². The number of carbonyl (C=O) groups is 1. The van der Waals surface area contributed by atoms with Gasteiger partial charge in [0.2, 0.25) is 0 Å². The maximum atomic E-state index is 12.3. The van der Waals surface area contributed by atoms with Gasteiger partial charge in [0.1, 0.15) is 0 Å². The molecular weight excluding hydrogens is 334 g/mol. The molecule has 0 aliphatic rings. The van der Waals surface area contributed by atoms with Crippen LogP contribution in [0.3, 0.4) is 0 Å². The molecule has 2 N–H and O–H groups in total. The van der Waals surface area contributed by atoms with Gasteiger partial charge < -0.3 is 15.2 Å². The molecule has 4 nitrogen and oxygen atoms in total. The van der Waals surface area contributed by atoms with E-state index in [-0.39, 0.29) is 6.03 Å². The minimum atomic E-state index is -0.194. The third-order valence-corrected chi connectivity index (χ3v) is 4.71. The summed E-state index contributed by atoms with van der Waals surface area (Å²) >= 11 is 0. The van der Waals surface area contributed by atoms with Crippen molar-refractivity contribution in [3.05, 3.63) is 82.2 Å². The summed E-state index contributed by atoms with van der Waals surface area (Å²) < 4.78 is 2.23. The second-order valence-corrected chi connectivity index (χ2v) is 7.25. The second kappa shape index (κ2) is 7.70. The largest absolute Gasteiger partial charge is 0.334 e. The lowest BCUT2D eigenvalue weighted by Gasteiger charge is -2.12. The van der Waals surface area contributed by atoms with E-state index in [0.29, 0.717) is 6.54 Å². The molecule has 0 atom stereocenters. The van der Waals surface area contributed by atoms with Crippen molar-refractivity contribution >= 4 is 11.7 Å². The van der Waals surface area contributed by atoms with E-state index in [1.807, 2.05) is 26.0 Å². The molecule has 4 heteroatoms. The summed E-state index contributed by atoms with van der Waals surface area (Å²) in [7, 11) is 0. The molecule has 2 amide bonds. The molecule has 0 saturated carbocycles. The summed E-state index contributed by atoms with van der Waals surface area (Å²) in [5.74, 6) is 0. The lowest BCUT2D eigenvalue weighted by molar-refractivity contribution is 0.251. The molecule has 0 saturated heterocycles. The van der Waals surface area contributed by atoms with Crippen LogP contribution >= 0.6 is 0 Å². The number of amides is 2. The van der Waals surface area contributed by atoms with Crippen LogP contribution in [-0.4, -0.2) is 10.6 Å². The molecule has 3 rings (SSSR count). The minimum Gasteiger partial charge on any atom is -0.334 e. The van der Waals surface area contributed by atoms with Gasteiger partial charge in [0.15, 0.2) is 0 Å². The molecule has 0 spiro atoms. The Hall–Kier alpha value is -3.01. The van der Waals surface area contributed by atoms with Gasteiger partial charge in [0.25, 0.3) is 0 Å². The fraction of sp³-hybridized carbons (Fsp3) is 0.261. The Morgan fingerprint density at radius 3 is 2.26 bits per heavy atom. The van der Waals surface area contributed by atoms with E-state index in [0.717, 1.165) is 39.5 Å². The Morgan fingerprint density at radius 2 is 1.59 bits per heavy atom. The number of rotatable bonds is 4. The van der Waals surface area contributed by atoms with Gasteiger partial charge in [-0.25, -0.2) is 4.79 Å². The number of aromatic nitrogens is 1. The highest BCUT2D eigenvalue weighted by molar-refractivity contribution is 5.89. The molecule has 1 aromatic heterocycles. The van der Waals surface area contributed by atoms with Gasteiger partial charge in [0, 0.05) is 29.3 Å². The van der Waals surface area contributed by atoms with E-state index in [4.69, 9.17) is 0 Å². The second-order valence-electron chi connectivity index (χ2n) is 7.25. The maximum Gasteiger partial charge on any atom is 0.319 e. The number of nitrogens with one attached hydrogen (secondary N) is 2. The van der Waals surface area contributed by atoms with E-state index in [2.05, 4.69) is 72.4 Å². The van der Waals surface area contributed by atoms with Crippen molar-refractivity contribution in [2.45, 2.75) is 41.2 Å². The molecule has 2 aromatic carbocycles. The number of aryl methyl sites for hydroxylation is 4. The molecule has 0 fully saturated rings. The fourth-order valence-electron chi connectivity index (χ4n) is 3.57. The Balaban J connectivity index is 1.71. The molecular formula is C23H27N3O. The van der Waals surface area contributed by atoms with Crippen molar-refractivity contribution in [3.63, 3.8) is 0 Å². The number of carbonyl (C=O) groups excluding carboxylic acids is 1. The minimum absolute atomic E-state index is 0.194. The van der Waals surface area contributed by atoms with Crippen molar-refractivity contribution in [1.82, 2.24) is 9.88 Å². The average molecular weight is 361 g/mol. The molecule has 27 heavy (non-hydrogen) atoms. The Labute approximate surface area is 161 Å². The number of benzene rings is 2. The predicted octanol–water partition coefficient (Wildman–Crippen LogP) is 5.34. The zero-order valence-electron chi connectivity index (χ0n) is 16.7. The number of urea groups is 1. The summed E-state index contributed by atoms with van der Waals surface area (Å²) in [6.45, 7) is 10.8. The van der Waals surface area contributed by atoms with Crippen molar-refractivity contribution in [3.8, 4) is 5.69 Å². The van der Waals surface area contributed by atoms with E-state index in [1.54, 1.807) is 0 Å². The quantitative estimate of drug-likeness (QED) is 0.647. The van der Waals surface area contributed by atoms with Gasteiger partial charge in [-0.15, -0.1) is 0 Å². The first-order chi connectivity index (χ1) is 12.8. The number of hydrogen-bond acceptors (Lipinski definition) is 1. The fourth-order valence-corrected chi connectivity index (χ4v) is 3.57. The average Bonchev–Trinajstić information content (AvgIpc) is 2.86. The van der Waals surface area contributed by atoms with Gasteiger partial charge in [-0.3, -0.25) is 0 Å². The summed E-state index contributed by atoms with van der Waals surface area (Å²) in [5.41, 5.74) is 8.87. The third-order valence-electron chi connectivity index (χ3n) is 4.71. The van der Waals surface area contributed by atoms with Gasteiger partial charge in [-0.2, -0.15) is 0 Å². The first-order valence-corrected chi connectivity index (χ1v) is 9.21. The summed E-state index contributed by atoms with van der Waals surface area (Å²) in [4.78, 5) is 12.3. The molecule has 140 valence electrons. The van der Waals surface area contributed by atoms with Crippen LogP contribution in [0.5, 0.6) is 0 Å². The molecule has 0 bridgehead atoms.